The molecule has 3 N–H and O–H groups in total. The number of carboxylic acid groups (broad SMARTS) is 1. The fourth-order valence-electron chi connectivity index (χ4n) is 2.23. The van der Waals surface area contributed by atoms with Crippen LogP contribution in [0.4, 0.5) is 5.82 Å². The molecule has 23 heavy (non-hydrogen) atoms. The first-order valence-corrected chi connectivity index (χ1v) is 7.16. The minimum Gasteiger partial charge on any atom is -0.481 e. The van der Waals surface area contributed by atoms with Crippen LogP contribution in [0.5, 0.6) is 0 Å². The third-order valence-corrected chi connectivity index (χ3v) is 3.39. The molecule has 0 aromatic carbocycles. The SMILES string of the molecule is CN(CC(=O)NC(C)(C)CCC(=O)O)c1ncnc2nc[nH]c12. The summed E-state index contributed by atoms with van der Waals surface area (Å²) in [5.41, 5.74) is 0.600. The number of aliphatic carboxylic acids is 1. The number of nitrogens with one attached hydrogen (secondary N) is 2. The molecule has 0 unspecified atom stereocenters. The van der Waals surface area contributed by atoms with Crippen LogP contribution in [0.2, 0.25) is 0 Å². The van der Waals surface area contributed by atoms with Gasteiger partial charge in [0.2, 0.25) is 5.91 Å². The minimum absolute atomic E-state index is 0.00377. The molecule has 124 valence electrons. The van der Waals surface area contributed by atoms with Crippen molar-refractivity contribution in [2.24, 2.45) is 0 Å². The highest BCUT2D eigenvalue weighted by Gasteiger charge is 2.22. The molecule has 0 fully saturated rings. The summed E-state index contributed by atoms with van der Waals surface area (Å²) in [7, 11) is 1.74. The summed E-state index contributed by atoms with van der Waals surface area (Å²) in [4.78, 5) is 39.7. The zero-order valence-electron chi connectivity index (χ0n) is 13.3. The summed E-state index contributed by atoms with van der Waals surface area (Å²) in [6.07, 6.45) is 3.27. The van der Waals surface area contributed by atoms with Gasteiger partial charge in [0.25, 0.3) is 0 Å². The normalized spacial score (nSPS) is 11.4. The van der Waals surface area contributed by atoms with Crippen LogP contribution >= 0.6 is 0 Å². The molecule has 0 aliphatic rings. The molecule has 2 aromatic heterocycles. The van der Waals surface area contributed by atoms with E-state index in [0.29, 0.717) is 23.4 Å². The van der Waals surface area contributed by atoms with Gasteiger partial charge in [-0.15, -0.1) is 0 Å². The number of hydrogen-bond acceptors (Lipinski definition) is 6. The Balaban J connectivity index is 1.99. The topological polar surface area (TPSA) is 124 Å². The molecule has 0 saturated heterocycles. The van der Waals surface area contributed by atoms with Crippen LogP contribution in [0.25, 0.3) is 11.2 Å². The Hall–Kier alpha value is -2.71. The maximum atomic E-state index is 12.2. The van der Waals surface area contributed by atoms with Crippen molar-refractivity contribution in [2.45, 2.75) is 32.2 Å². The summed E-state index contributed by atoms with van der Waals surface area (Å²) in [5.74, 6) is -0.521. The maximum Gasteiger partial charge on any atom is 0.303 e. The Morgan fingerprint density at radius 2 is 2.09 bits per heavy atom. The van der Waals surface area contributed by atoms with E-state index in [0.717, 1.165) is 0 Å². The lowest BCUT2D eigenvalue weighted by Crippen LogP contribution is -2.47. The molecule has 2 aromatic rings. The molecule has 0 aliphatic carbocycles. The number of fused-ring (bicyclic) bond motifs is 1. The number of imidazole rings is 1. The number of carboxylic acids is 1. The first kappa shape index (κ1) is 16.7. The van der Waals surface area contributed by atoms with Gasteiger partial charge in [-0.1, -0.05) is 0 Å². The van der Waals surface area contributed by atoms with Crippen LogP contribution in [0.1, 0.15) is 26.7 Å². The van der Waals surface area contributed by atoms with E-state index >= 15 is 0 Å². The van der Waals surface area contributed by atoms with Gasteiger partial charge in [0.1, 0.15) is 11.8 Å². The van der Waals surface area contributed by atoms with Crippen molar-refractivity contribution in [1.82, 2.24) is 25.3 Å². The van der Waals surface area contributed by atoms with Gasteiger partial charge in [0.05, 0.1) is 12.9 Å². The van der Waals surface area contributed by atoms with Gasteiger partial charge in [0.15, 0.2) is 11.5 Å². The van der Waals surface area contributed by atoms with Crippen LogP contribution in [0, 0.1) is 0 Å². The molecule has 9 nitrogen and oxygen atoms in total. The molecule has 2 heterocycles. The molecule has 2 rings (SSSR count). The van der Waals surface area contributed by atoms with Crippen LogP contribution in [0.3, 0.4) is 0 Å². The van der Waals surface area contributed by atoms with Crippen molar-refractivity contribution in [2.75, 3.05) is 18.5 Å². The largest absolute Gasteiger partial charge is 0.481 e. The van der Waals surface area contributed by atoms with E-state index in [4.69, 9.17) is 5.11 Å². The number of hydrogen-bond donors (Lipinski definition) is 3. The number of carbonyl (C=O) groups is 2. The van der Waals surface area contributed by atoms with Crippen molar-refractivity contribution in [1.29, 1.82) is 0 Å². The maximum absolute atomic E-state index is 12.2. The lowest BCUT2D eigenvalue weighted by atomic mass is 9.98. The predicted octanol–water partition coefficient (Wildman–Crippen LogP) is 0.549. The molecule has 0 saturated carbocycles. The molecule has 0 radical (unpaired) electrons. The van der Waals surface area contributed by atoms with Crippen LogP contribution in [-0.4, -0.2) is 56.1 Å². The summed E-state index contributed by atoms with van der Waals surface area (Å²) < 4.78 is 0. The molecule has 0 atom stereocenters. The number of anilines is 1. The standard InChI is InChI=1S/C14H20N6O3/c1-14(2,5-4-10(22)23)19-9(21)6-20(3)13-11-12(16-7-15-11)17-8-18-13/h7-8H,4-6H2,1-3H3,(H,19,21)(H,22,23)(H,15,16,17,18). The Kier molecular flexibility index (Phi) is 4.77. The Bertz CT molecular complexity index is 711. The van der Waals surface area contributed by atoms with Crippen LogP contribution < -0.4 is 10.2 Å². The average Bonchev–Trinajstić information content (AvgIpc) is 2.92. The molecular weight excluding hydrogens is 300 g/mol. The quantitative estimate of drug-likeness (QED) is 0.680. The first-order valence-electron chi connectivity index (χ1n) is 7.16. The summed E-state index contributed by atoms with van der Waals surface area (Å²) in [6, 6.07) is 0. The number of amides is 1. The highest BCUT2D eigenvalue weighted by atomic mass is 16.4. The Morgan fingerprint density at radius 3 is 2.78 bits per heavy atom. The lowest BCUT2D eigenvalue weighted by Gasteiger charge is -2.27. The summed E-state index contributed by atoms with van der Waals surface area (Å²) in [6.45, 7) is 3.68. The smallest absolute Gasteiger partial charge is 0.303 e. The minimum atomic E-state index is -0.882. The van der Waals surface area contributed by atoms with Gasteiger partial charge in [-0.2, -0.15) is 0 Å². The van der Waals surface area contributed by atoms with Crippen molar-refractivity contribution in [3.05, 3.63) is 12.7 Å². The fourth-order valence-corrected chi connectivity index (χ4v) is 2.23. The average molecular weight is 320 g/mol. The predicted molar refractivity (Wildman–Crippen MR) is 84.0 cm³/mol. The molecule has 0 aliphatic heterocycles. The second kappa shape index (κ2) is 6.59. The first-order chi connectivity index (χ1) is 10.8. The van der Waals surface area contributed by atoms with Crippen molar-refractivity contribution in [3.8, 4) is 0 Å². The number of likely N-dealkylation sites (N-methyl/N-ethyl adjacent to an activating group) is 1. The second-order valence-electron chi connectivity index (χ2n) is 5.98. The fraction of sp³-hybridized carbons (Fsp3) is 0.500. The number of nitrogens with zero attached hydrogens (tertiary/aromatic N) is 4. The number of rotatable bonds is 7. The van der Waals surface area contributed by atoms with Gasteiger partial charge < -0.3 is 20.3 Å². The zero-order valence-corrected chi connectivity index (χ0v) is 13.3. The Morgan fingerprint density at radius 1 is 1.35 bits per heavy atom. The third-order valence-electron chi connectivity index (χ3n) is 3.39. The Labute approximate surface area is 133 Å². The van der Waals surface area contributed by atoms with E-state index in [2.05, 4.69) is 25.3 Å². The number of aromatic nitrogens is 4. The number of carbonyl (C=O) groups excluding carboxylic acids is 1. The van der Waals surface area contributed by atoms with Crippen molar-refractivity contribution >= 4 is 28.9 Å². The van der Waals surface area contributed by atoms with Gasteiger partial charge in [-0.05, 0) is 20.3 Å². The number of H-pyrrole nitrogens is 1. The lowest BCUT2D eigenvalue weighted by molar-refractivity contribution is -0.137. The summed E-state index contributed by atoms with van der Waals surface area (Å²) in [5, 5.41) is 11.6. The van der Waals surface area contributed by atoms with E-state index in [1.165, 1.54) is 12.7 Å². The highest BCUT2D eigenvalue weighted by molar-refractivity contribution is 5.87. The second-order valence-corrected chi connectivity index (χ2v) is 5.98. The van der Waals surface area contributed by atoms with E-state index in [9.17, 15) is 9.59 Å². The van der Waals surface area contributed by atoms with Gasteiger partial charge in [-0.25, -0.2) is 15.0 Å². The van der Waals surface area contributed by atoms with Crippen LogP contribution in [0.15, 0.2) is 12.7 Å². The van der Waals surface area contributed by atoms with E-state index in [1.54, 1.807) is 25.8 Å². The molecular formula is C14H20N6O3. The van der Waals surface area contributed by atoms with Gasteiger partial charge in [-0.3, -0.25) is 9.59 Å². The van der Waals surface area contributed by atoms with Gasteiger partial charge in [0, 0.05) is 19.0 Å². The van der Waals surface area contributed by atoms with Gasteiger partial charge >= 0.3 is 5.97 Å². The molecule has 1 amide bonds. The summed E-state index contributed by atoms with van der Waals surface area (Å²) >= 11 is 0. The van der Waals surface area contributed by atoms with Crippen molar-refractivity contribution in [3.63, 3.8) is 0 Å². The highest BCUT2D eigenvalue weighted by Crippen LogP contribution is 2.18. The molecule has 9 heteroatoms. The van der Waals surface area contributed by atoms with Crippen molar-refractivity contribution < 1.29 is 14.7 Å². The van der Waals surface area contributed by atoms with Crippen LogP contribution in [-0.2, 0) is 9.59 Å². The molecule has 0 bridgehead atoms. The monoisotopic (exact) mass is 320 g/mol. The number of aromatic amines is 1. The van der Waals surface area contributed by atoms with E-state index in [-0.39, 0.29) is 18.9 Å². The van der Waals surface area contributed by atoms with E-state index in [1.807, 2.05) is 0 Å². The van der Waals surface area contributed by atoms with E-state index < -0.39 is 11.5 Å². The third kappa shape index (κ3) is 4.38. The zero-order chi connectivity index (χ0) is 17.0. The molecule has 0 spiro atoms.